The molecule has 0 radical (unpaired) electrons. The molecule has 0 saturated carbocycles. The number of thioether (sulfide) groups is 1. The lowest BCUT2D eigenvalue weighted by Gasteiger charge is -2.36. The summed E-state index contributed by atoms with van der Waals surface area (Å²) in [5.41, 5.74) is 2.71. The number of hydrogen-bond donors (Lipinski definition) is 1. The maximum Gasteiger partial charge on any atom is 0.233 e. The number of hydrogen-bond acceptors (Lipinski definition) is 6. The number of anilines is 3. The molecule has 0 aliphatic carbocycles. The van der Waals surface area contributed by atoms with Crippen molar-refractivity contribution in [3.63, 3.8) is 0 Å². The van der Waals surface area contributed by atoms with E-state index in [1.807, 2.05) is 47.4 Å². The molecule has 0 spiro atoms. The molecule has 4 aromatic rings. The van der Waals surface area contributed by atoms with Crippen molar-refractivity contribution in [1.29, 1.82) is 0 Å². The van der Waals surface area contributed by atoms with E-state index < -0.39 is 0 Å². The van der Waals surface area contributed by atoms with Gasteiger partial charge in [0.15, 0.2) is 5.16 Å². The van der Waals surface area contributed by atoms with Crippen molar-refractivity contribution in [1.82, 2.24) is 14.9 Å². The molecule has 1 N–H and O–H groups in total. The number of nitrogens with one attached hydrogen (secondary N) is 1. The molecule has 0 atom stereocenters. The summed E-state index contributed by atoms with van der Waals surface area (Å²) in [4.78, 5) is 26.4. The number of carbonyl (C=O) groups is 1. The van der Waals surface area contributed by atoms with E-state index in [2.05, 4.69) is 32.3 Å². The third kappa shape index (κ3) is 5.12. The molecule has 1 saturated heterocycles. The molecule has 5 rings (SSSR count). The van der Waals surface area contributed by atoms with Crippen LogP contribution in [0.25, 0.3) is 10.9 Å². The summed E-state index contributed by atoms with van der Waals surface area (Å²) >= 11 is 1.33. The molecule has 1 amide bonds. The number of benzene rings is 3. The summed E-state index contributed by atoms with van der Waals surface area (Å²) in [6.45, 7) is 3.03. The zero-order valence-corrected chi connectivity index (χ0v) is 19.3. The van der Waals surface area contributed by atoms with E-state index >= 15 is 0 Å². The third-order valence-corrected chi connectivity index (χ3v) is 6.60. The topological polar surface area (TPSA) is 61.4 Å². The van der Waals surface area contributed by atoms with Gasteiger partial charge in [-0.1, -0.05) is 42.1 Å². The normalized spacial score (nSPS) is 13.8. The number of amides is 1. The Bertz CT molecular complexity index is 1280. The van der Waals surface area contributed by atoms with E-state index in [4.69, 9.17) is 0 Å². The average molecular weight is 474 g/mol. The van der Waals surface area contributed by atoms with Crippen molar-refractivity contribution in [2.45, 2.75) is 5.16 Å². The first-order valence-electron chi connectivity index (χ1n) is 11.2. The molecule has 34 heavy (non-hydrogen) atoms. The predicted molar refractivity (Wildman–Crippen MR) is 135 cm³/mol. The Hall–Kier alpha value is -3.65. The van der Waals surface area contributed by atoms with Gasteiger partial charge >= 0.3 is 0 Å². The van der Waals surface area contributed by atoms with E-state index in [-0.39, 0.29) is 17.5 Å². The molecule has 8 heteroatoms. The molecular formula is C26H24FN5OS. The van der Waals surface area contributed by atoms with Crippen LogP contribution in [-0.2, 0) is 4.79 Å². The molecule has 1 aliphatic heterocycles. The summed E-state index contributed by atoms with van der Waals surface area (Å²) in [5, 5.41) is 4.64. The summed E-state index contributed by atoms with van der Waals surface area (Å²) in [7, 11) is 0. The SMILES string of the molecule is O=C(CSc1nc(Nc2ccc(F)cc2)c2ccccc2n1)N1CCN(c2ccccc2)CC1. The zero-order valence-electron chi connectivity index (χ0n) is 18.5. The van der Waals surface area contributed by atoms with E-state index in [1.54, 1.807) is 12.1 Å². The van der Waals surface area contributed by atoms with Gasteiger partial charge < -0.3 is 15.1 Å². The second-order valence-corrected chi connectivity index (χ2v) is 8.94. The lowest BCUT2D eigenvalue weighted by Crippen LogP contribution is -2.49. The van der Waals surface area contributed by atoms with Crippen LogP contribution in [0.4, 0.5) is 21.6 Å². The number of aromatic nitrogens is 2. The van der Waals surface area contributed by atoms with Crippen LogP contribution >= 0.6 is 11.8 Å². The van der Waals surface area contributed by atoms with Crippen molar-refractivity contribution in [3.8, 4) is 0 Å². The second kappa shape index (κ2) is 10.1. The fourth-order valence-corrected chi connectivity index (χ4v) is 4.71. The second-order valence-electron chi connectivity index (χ2n) is 8.00. The van der Waals surface area contributed by atoms with Gasteiger partial charge in [0.1, 0.15) is 11.6 Å². The van der Waals surface area contributed by atoms with Crippen LogP contribution in [0.2, 0.25) is 0 Å². The van der Waals surface area contributed by atoms with Gasteiger partial charge in [-0.05, 0) is 48.5 Å². The smallest absolute Gasteiger partial charge is 0.233 e. The number of carbonyl (C=O) groups excluding carboxylic acids is 1. The number of nitrogens with zero attached hydrogens (tertiary/aromatic N) is 4. The molecule has 6 nitrogen and oxygen atoms in total. The molecule has 0 bridgehead atoms. The van der Waals surface area contributed by atoms with Crippen LogP contribution in [0, 0.1) is 5.82 Å². The number of fused-ring (bicyclic) bond motifs is 1. The van der Waals surface area contributed by atoms with Crippen LogP contribution in [-0.4, -0.2) is 52.7 Å². The van der Waals surface area contributed by atoms with Gasteiger partial charge in [-0.2, -0.15) is 0 Å². The number of piperazine rings is 1. The van der Waals surface area contributed by atoms with Crippen molar-refractivity contribution in [3.05, 3.63) is 84.7 Å². The number of rotatable bonds is 6. The quantitative estimate of drug-likeness (QED) is 0.316. The van der Waals surface area contributed by atoms with E-state index in [9.17, 15) is 9.18 Å². The lowest BCUT2D eigenvalue weighted by atomic mass is 10.2. The molecule has 1 aromatic heterocycles. The van der Waals surface area contributed by atoms with Gasteiger partial charge in [-0.15, -0.1) is 0 Å². The first kappa shape index (κ1) is 22.2. The zero-order chi connectivity index (χ0) is 23.3. The van der Waals surface area contributed by atoms with Crippen LogP contribution in [0.1, 0.15) is 0 Å². The first-order valence-corrected chi connectivity index (χ1v) is 12.1. The minimum Gasteiger partial charge on any atom is -0.368 e. The minimum atomic E-state index is -0.294. The summed E-state index contributed by atoms with van der Waals surface area (Å²) < 4.78 is 13.3. The van der Waals surface area contributed by atoms with Crippen LogP contribution in [0.15, 0.2) is 84.0 Å². The highest BCUT2D eigenvalue weighted by Crippen LogP contribution is 2.27. The molecule has 3 aromatic carbocycles. The van der Waals surface area contributed by atoms with Gasteiger partial charge in [0.25, 0.3) is 0 Å². The fourth-order valence-electron chi connectivity index (χ4n) is 3.96. The van der Waals surface area contributed by atoms with Crippen molar-refractivity contribution in [2.75, 3.05) is 42.1 Å². The van der Waals surface area contributed by atoms with Crippen molar-refractivity contribution < 1.29 is 9.18 Å². The summed E-state index contributed by atoms with van der Waals surface area (Å²) in [6, 6.07) is 24.1. The van der Waals surface area contributed by atoms with Gasteiger partial charge in [-0.3, -0.25) is 4.79 Å². The molecule has 0 unspecified atom stereocenters. The maximum absolute atomic E-state index is 13.3. The van der Waals surface area contributed by atoms with Gasteiger partial charge in [0.05, 0.1) is 11.3 Å². The highest BCUT2D eigenvalue weighted by Gasteiger charge is 2.21. The highest BCUT2D eigenvalue weighted by molar-refractivity contribution is 7.99. The van der Waals surface area contributed by atoms with E-state index in [0.29, 0.717) is 24.1 Å². The maximum atomic E-state index is 13.3. The molecule has 172 valence electrons. The standard InChI is InChI=1S/C26H24FN5OS/c27-19-10-12-20(13-11-19)28-25-22-8-4-5-9-23(22)29-26(30-25)34-18-24(33)32-16-14-31(15-17-32)21-6-2-1-3-7-21/h1-13H,14-18H2,(H,28,29,30). The molecular weight excluding hydrogens is 449 g/mol. The number of para-hydroxylation sites is 2. The van der Waals surface area contributed by atoms with Crippen molar-refractivity contribution >= 4 is 45.8 Å². The Morgan fingerprint density at radius 3 is 2.35 bits per heavy atom. The first-order chi connectivity index (χ1) is 16.7. The molecule has 1 aliphatic rings. The van der Waals surface area contributed by atoms with Gasteiger partial charge in [-0.25, -0.2) is 14.4 Å². The molecule has 2 heterocycles. The highest BCUT2D eigenvalue weighted by atomic mass is 32.2. The fraction of sp³-hybridized carbons (Fsp3) is 0.192. The summed E-state index contributed by atoms with van der Waals surface area (Å²) in [6.07, 6.45) is 0. The predicted octanol–water partition coefficient (Wildman–Crippen LogP) is 4.95. The van der Waals surface area contributed by atoms with E-state index in [1.165, 1.54) is 29.6 Å². The van der Waals surface area contributed by atoms with Gasteiger partial charge in [0, 0.05) is 42.9 Å². The monoisotopic (exact) mass is 473 g/mol. The van der Waals surface area contributed by atoms with Crippen LogP contribution < -0.4 is 10.2 Å². The number of halogens is 1. The van der Waals surface area contributed by atoms with Crippen LogP contribution in [0.5, 0.6) is 0 Å². The average Bonchev–Trinajstić information content (AvgIpc) is 2.89. The Labute approximate surface area is 201 Å². The summed E-state index contributed by atoms with van der Waals surface area (Å²) in [5.74, 6) is 0.697. The van der Waals surface area contributed by atoms with Crippen LogP contribution in [0.3, 0.4) is 0 Å². The lowest BCUT2D eigenvalue weighted by molar-refractivity contribution is -0.128. The van der Waals surface area contributed by atoms with E-state index in [0.717, 1.165) is 29.7 Å². The third-order valence-electron chi connectivity index (χ3n) is 5.77. The molecule has 1 fully saturated rings. The Balaban J connectivity index is 1.25. The van der Waals surface area contributed by atoms with Crippen molar-refractivity contribution in [2.24, 2.45) is 0 Å². The Morgan fingerprint density at radius 2 is 1.59 bits per heavy atom. The largest absolute Gasteiger partial charge is 0.368 e. The van der Waals surface area contributed by atoms with Gasteiger partial charge in [0.2, 0.25) is 5.91 Å². The Kier molecular flexibility index (Phi) is 6.58. The minimum absolute atomic E-state index is 0.0857. The Morgan fingerprint density at radius 1 is 0.882 bits per heavy atom.